The molecule has 0 bridgehead atoms. The third kappa shape index (κ3) is 3.38. The van der Waals surface area contributed by atoms with Crippen molar-refractivity contribution in [2.45, 2.75) is 39.8 Å². The Morgan fingerprint density at radius 2 is 2.05 bits per heavy atom. The smallest absolute Gasteiger partial charge is 0.140 e. The molecular weight excluding hydrogens is 268 g/mol. The van der Waals surface area contributed by atoms with E-state index < -0.39 is 0 Å². The molecular formula is C16H22N2OS. The van der Waals surface area contributed by atoms with Gasteiger partial charge >= 0.3 is 0 Å². The van der Waals surface area contributed by atoms with E-state index in [9.17, 15) is 0 Å². The molecule has 0 aliphatic heterocycles. The first-order valence-corrected chi connectivity index (χ1v) is 7.79. The van der Waals surface area contributed by atoms with Crippen LogP contribution in [0.2, 0.25) is 0 Å². The van der Waals surface area contributed by atoms with Crippen molar-refractivity contribution >= 4 is 11.3 Å². The Morgan fingerprint density at radius 3 is 2.65 bits per heavy atom. The van der Waals surface area contributed by atoms with Gasteiger partial charge in [0.15, 0.2) is 0 Å². The second-order valence-corrected chi connectivity index (χ2v) is 6.11. The monoisotopic (exact) mass is 290 g/mol. The fraction of sp³-hybridized carbons (Fsp3) is 0.438. The summed E-state index contributed by atoms with van der Waals surface area (Å²) in [6, 6.07) is 8.55. The van der Waals surface area contributed by atoms with Gasteiger partial charge in [0.1, 0.15) is 17.4 Å². The van der Waals surface area contributed by atoms with E-state index in [0.717, 1.165) is 22.9 Å². The molecule has 3 nitrogen and oxygen atoms in total. The number of hydrogen-bond donors (Lipinski definition) is 1. The molecule has 0 saturated carbocycles. The zero-order chi connectivity index (χ0) is 14.5. The largest absolute Gasteiger partial charge is 0.486 e. The summed E-state index contributed by atoms with van der Waals surface area (Å²) in [4.78, 5) is 5.78. The van der Waals surface area contributed by atoms with Gasteiger partial charge in [-0.25, -0.2) is 4.98 Å². The summed E-state index contributed by atoms with van der Waals surface area (Å²) >= 11 is 1.71. The van der Waals surface area contributed by atoms with Crippen LogP contribution in [0.1, 0.15) is 40.5 Å². The number of nitrogens with zero attached hydrogens (tertiary/aromatic N) is 1. The predicted octanol–water partition coefficient (Wildman–Crippen LogP) is 4.01. The zero-order valence-electron chi connectivity index (χ0n) is 12.6. The highest BCUT2D eigenvalue weighted by Gasteiger charge is 2.13. The normalized spacial score (nSPS) is 12.4. The van der Waals surface area contributed by atoms with Gasteiger partial charge in [-0.2, -0.15) is 0 Å². The van der Waals surface area contributed by atoms with Crippen LogP contribution in [0.3, 0.4) is 0 Å². The van der Waals surface area contributed by atoms with E-state index in [1.54, 1.807) is 11.3 Å². The SMILES string of the molecule is CCC(NC)c1ccccc1OCc1nc(C)c(C)s1. The highest BCUT2D eigenvalue weighted by Crippen LogP contribution is 2.28. The summed E-state index contributed by atoms with van der Waals surface area (Å²) in [6.07, 6.45) is 1.03. The Kier molecular flexibility index (Phi) is 5.15. The summed E-state index contributed by atoms with van der Waals surface area (Å²) in [5.74, 6) is 0.944. The fourth-order valence-corrected chi connectivity index (χ4v) is 3.07. The van der Waals surface area contributed by atoms with E-state index in [1.165, 1.54) is 10.4 Å². The first-order valence-electron chi connectivity index (χ1n) is 6.97. The quantitative estimate of drug-likeness (QED) is 0.873. The van der Waals surface area contributed by atoms with Crippen molar-refractivity contribution in [2.75, 3.05) is 7.05 Å². The summed E-state index contributed by atoms with van der Waals surface area (Å²) in [6.45, 7) is 6.85. The second-order valence-electron chi connectivity index (χ2n) is 4.83. The molecule has 2 aromatic rings. The van der Waals surface area contributed by atoms with E-state index in [1.807, 2.05) is 26.1 Å². The molecule has 1 N–H and O–H groups in total. The molecule has 0 radical (unpaired) electrons. The van der Waals surface area contributed by atoms with Crippen LogP contribution in [0.15, 0.2) is 24.3 Å². The van der Waals surface area contributed by atoms with Crippen molar-refractivity contribution in [3.05, 3.63) is 45.4 Å². The lowest BCUT2D eigenvalue weighted by Gasteiger charge is -2.18. The highest BCUT2D eigenvalue weighted by molar-refractivity contribution is 7.11. The Bertz CT molecular complexity index is 542. The number of ether oxygens (including phenoxy) is 1. The summed E-state index contributed by atoms with van der Waals surface area (Å²) in [7, 11) is 1.98. The standard InChI is InChI=1S/C16H22N2OS/c1-5-14(17-4)13-8-6-7-9-15(13)19-10-16-18-11(2)12(3)20-16/h6-9,14,17H,5,10H2,1-4H3. The van der Waals surface area contributed by atoms with E-state index in [2.05, 4.69) is 36.3 Å². The first-order chi connectivity index (χ1) is 9.65. The Hall–Kier alpha value is -1.39. The van der Waals surface area contributed by atoms with Gasteiger partial charge in [0.2, 0.25) is 0 Å². The molecule has 1 aromatic heterocycles. The van der Waals surface area contributed by atoms with Gasteiger partial charge in [-0.1, -0.05) is 25.1 Å². The number of hydrogen-bond acceptors (Lipinski definition) is 4. The number of aryl methyl sites for hydroxylation is 2. The zero-order valence-corrected chi connectivity index (χ0v) is 13.4. The molecule has 1 heterocycles. The van der Waals surface area contributed by atoms with Crippen molar-refractivity contribution in [1.82, 2.24) is 10.3 Å². The van der Waals surface area contributed by atoms with E-state index in [-0.39, 0.29) is 0 Å². The number of rotatable bonds is 6. The lowest BCUT2D eigenvalue weighted by atomic mass is 10.0. The topological polar surface area (TPSA) is 34.1 Å². The molecule has 1 unspecified atom stereocenters. The van der Waals surface area contributed by atoms with Crippen molar-refractivity contribution < 1.29 is 4.74 Å². The summed E-state index contributed by atoms with van der Waals surface area (Å²) in [5, 5.41) is 4.36. The third-order valence-corrected chi connectivity index (χ3v) is 4.52. The van der Waals surface area contributed by atoms with Crippen molar-refractivity contribution in [3.8, 4) is 5.75 Å². The van der Waals surface area contributed by atoms with Crippen LogP contribution < -0.4 is 10.1 Å². The Morgan fingerprint density at radius 1 is 1.30 bits per heavy atom. The maximum atomic E-state index is 5.98. The van der Waals surface area contributed by atoms with Gasteiger partial charge in [-0.15, -0.1) is 11.3 Å². The molecule has 20 heavy (non-hydrogen) atoms. The number of aromatic nitrogens is 1. The van der Waals surface area contributed by atoms with Crippen LogP contribution in [0.4, 0.5) is 0 Å². The van der Waals surface area contributed by atoms with Crippen LogP contribution in [0.5, 0.6) is 5.75 Å². The first kappa shape index (κ1) is 15.0. The van der Waals surface area contributed by atoms with Crippen molar-refractivity contribution in [1.29, 1.82) is 0 Å². The molecule has 2 rings (SSSR count). The van der Waals surface area contributed by atoms with Gasteiger partial charge in [-0.3, -0.25) is 0 Å². The summed E-state index contributed by atoms with van der Waals surface area (Å²) in [5.41, 5.74) is 2.31. The van der Waals surface area contributed by atoms with Crippen LogP contribution in [-0.4, -0.2) is 12.0 Å². The molecule has 0 spiro atoms. The van der Waals surface area contributed by atoms with Gasteiger partial charge < -0.3 is 10.1 Å². The predicted molar refractivity (Wildman–Crippen MR) is 84.5 cm³/mol. The van der Waals surface area contributed by atoms with Crippen molar-refractivity contribution in [3.63, 3.8) is 0 Å². The number of nitrogens with one attached hydrogen (secondary N) is 1. The van der Waals surface area contributed by atoms with E-state index in [4.69, 9.17) is 4.74 Å². The molecule has 0 aliphatic rings. The lowest BCUT2D eigenvalue weighted by molar-refractivity contribution is 0.298. The number of thiazole rings is 1. The molecule has 0 fully saturated rings. The minimum absolute atomic E-state index is 0.325. The fourth-order valence-electron chi connectivity index (χ4n) is 2.22. The van der Waals surface area contributed by atoms with Crippen LogP contribution in [0.25, 0.3) is 0 Å². The van der Waals surface area contributed by atoms with Gasteiger partial charge in [-0.05, 0) is 33.4 Å². The van der Waals surface area contributed by atoms with Gasteiger partial charge in [0.05, 0.1) is 5.69 Å². The maximum absolute atomic E-state index is 5.98. The van der Waals surface area contributed by atoms with Crippen molar-refractivity contribution in [2.24, 2.45) is 0 Å². The molecule has 0 saturated heterocycles. The Balaban J connectivity index is 2.13. The molecule has 1 atom stereocenters. The van der Waals surface area contributed by atoms with Crippen LogP contribution in [0, 0.1) is 13.8 Å². The second kappa shape index (κ2) is 6.86. The van der Waals surface area contributed by atoms with Gasteiger partial charge in [0.25, 0.3) is 0 Å². The maximum Gasteiger partial charge on any atom is 0.140 e. The van der Waals surface area contributed by atoms with Gasteiger partial charge in [0, 0.05) is 16.5 Å². The number of benzene rings is 1. The minimum atomic E-state index is 0.325. The highest BCUT2D eigenvalue weighted by atomic mass is 32.1. The Labute approximate surface area is 125 Å². The molecule has 108 valence electrons. The third-order valence-electron chi connectivity index (χ3n) is 3.48. The molecule has 1 aromatic carbocycles. The van der Waals surface area contributed by atoms with Crippen LogP contribution >= 0.6 is 11.3 Å². The lowest BCUT2D eigenvalue weighted by Crippen LogP contribution is -2.16. The molecule has 4 heteroatoms. The average molecular weight is 290 g/mol. The van der Waals surface area contributed by atoms with Crippen LogP contribution in [-0.2, 0) is 6.61 Å². The van der Waals surface area contributed by atoms with E-state index >= 15 is 0 Å². The molecule has 0 aliphatic carbocycles. The molecule has 0 amide bonds. The van der Waals surface area contributed by atoms with E-state index in [0.29, 0.717) is 12.6 Å². The number of para-hydroxylation sites is 1. The summed E-state index contributed by atoms with van der Waals surface area (Å²) < 4.78 is 5.98. The average Bonchev–Trinajstić information content (AvgIpc) is 2.78. The minimum Gasteiger partial charge on any atom is -0.486 e.